The highest BCUT2D eigenvalue weighted by Crippen LogP contribution is 2.23. The molecule has 138 valence electrons. The van der Waals surface area contributed by atoms with E-state index in [1.807, 2.05) is 51.1 Å². The van der Waals surface area contributed by atoms with Crippen molar-refractivity contribution in [1.29, 1.82) is 0 Å². The van der Waals surface area contributed by atoms with Gasteiger partial charge in [0.15, 0.2) is 0 Å². The van der Waals surface area contributed by atoms with Crippen LogP contribution in [0.2, 0.25) is 0 Å². The third kappa shape index (κ3) is 6.01. The van der Waals surface area contributed by atoms with Gasteiger partial charge in [0.25, 0.3) is 0 Å². The van der Waals surface area contributed by atoms with Crippen molar-refractivity contribution < 1.29 is 13.2 Å². The van der Waals surface area contributed by atoms with Gasteiger partial charge in [0.2, 0.25) is 10.0 Å². The highest BCUT2D eigenvalue weighted by Gasteiger charge is 2.17. The molecule has 0 spiro atoms. The van der Waals surface area contributed by atoms with Crippen molar-refractivity contribution in [3.63, 3.8) is 0 Å². The van der Waals surface area contributed by atoms with Crippen LogP contribution in [-0.2, 0) is 10.0 Å². The largest absolute Gasteiger partial charge is 0.491 e. The van der Waals surface area contributed by atoms with Crippen LogP contribution in [0.5, 0.6) is 5.75 Å². The summed E-state index contributed by atoms with van der Waals surface area (Å²) in [7, 11) is -3.62. The molecule has 2 aromatic rings. The average molecular weight is 385 g/mol. The van der Waals surface area contributed by atoms with Crippen LogP contribution in [0.3, 0.4) is 0 Å². The van der Waals surface area contributed by atoms with Crippen LogP contribution in [0.15, 0.2) is 53.4 Å². The minimum absolute atomic E-state index is 0. The van der Waals surface area contributed by atoms with Gasteiger partial charge in [0, 0.05) is 12.6 Å². The second-order valence-electron chi connectivity index (χ2n) is 5.96. The van der Waals surface area contributed by atoms with Gasteiger partial charge in [-0.2, -0.15) is 0 Å². The molecule has 7 heteroatoms. The molecular formula is C18H25ClN2O3S. The van der Waals surface area contributed by atoms with E-state index in [1.165, 1.54) is 0 Å². The summed E-state index contributed by atoms with van der Waals surface area (Å²) in [5.74, 6) is 0.685. The van der Waals surface area contributed by atoms with Crippen molar-refractivity contribution in [2.24, 2.45) is 5.73 Å². The third-order valence-corrected chi connectivity index (χ3v) is 4.96. The first-order valence-corrected chi connectivity index (χ1v) is 9.35. The van der Waals surface area contributed by atoms with E-state index in [-0.39, 0.29) is 30.0 Å². The maximum absolute atomic E-state index is 12.4. The smallest absolute Gasteiger partial charge is 0.240 e. The number of hydrogen-bond acceptors (Lipinski definition) is 4. The molecule has 2 rings (SSSR count). The van der Waals surface area contributed by atoms with Crippen LogP contribution >= 0.6 is 12.4 Å². The molecule has 0 saturated carbocycles. The molecule has 2 aromatic carbocycles. The number of aryl methyl sites for hydroxylation is 1. The van der Waals surface area contributed by atoms with Crippen LogP contribution in [0.4, 0.5) is 0 Å². The fourth-order valence-corrected chi connectivity index (χ4v) is 3.42. The Kier molecular flexibility index (Phi) is 7.89. The maximum atomic E-state index is 12.4. The predicted molar refractivity (Wildman–Crippen MR) is 103 cm³/mol. The molecule has 0 heterocycles. The van der Waals surface area contributed by atoms with Gasteiger partial charge in [-0.3, -0.25) is 0 Å². The average Bonchev–Trinajstić information content (AvgIpc) is 2.55. The Morgan fingerprint density at radius 1 is 1.12 bits per heavy atom. The summed E-state index contributed by atoms with van der Waals surface area (Å²) in [6.07, 6.45) is 0.0353. The van der Waals surface area contributed by atoms with Crippen LogP contribution in [0.1, 0.15) is 31.0 Å². The van der Waals surface area contributed by atoms with Gasteiger partial charge in [0.1, 0.15) is 5.75 Å². The standard InChI is InChI=1S/C18H24N2O3S.ClH/c1-13(2)23-18-10-9-16(11-14(18)3)24(21,22)20-12-17(19)15-7-5-4-6-8-15;/h4-11,13,17,20H,12,19H2,1-3H3;1H. The number of rotatable bonds is 7. The van der Waals surface area contributed by atoms with Crippen LogP contribution in [0.25, 0.3) is 0 Å². The number of ether oxygens (including phenoxy) is 1. The Morgan fingerprint density at radius 2 is 1.76 bits per heavy atom. The normalized spacial score (nSPS) is 12.5. The van der Waals surface area contributed by atoms with Crippen LogP contribution in [-0.4, -0.2) is 21.1 Å². The molecule has 1 unspecified atom stereocenters. The van der Waals surface area contributed by atoms with E-state index < -0.39 is 16.1 Å². The first kappa shape index (κ1) is 21.4. The molecule has 0 aliphatic heterocycles. The molecule has 0 radical (unpaired) electrons. The Hall–Kier alpha value is -1.60. The summed E-state index contributed by atoms with van der Waals surface area (Å²) >= 11 is 0. The molecule has 0 aliphatic rings. The van der Waals surface area contributed by atoms with E-state index in [1.54, 1.807) is 18.2 Å². The van der Waals surface area contributed by atoms with Crippen molar-refractivity contribution in [1.82, 2.24) is 4.72 Å². The SMILES string of the molecule is Cc1cc(S(=O)(=O)NCC(N)c2ccccc2)ccc1OC(C)C.Cl. The van der Waals surface area contributed by atoms with Crippen molar-refractivity contribution in [2.75, 3.05) is 6.54 Å². The number of sulfonamides is 1. The second-order valence-corrected chi connectivity index (χ2v) is 7.73. The van der Waals surface area contributed by atoms with Crippen LogP contribution < -0.4 is 15.2 Å². The zero-order valence-corrected chi connectivity index (χ0v) is 16.2. The van der Waals surface area contributed by atoms with Crippen molar-refractivity contribution in [3.8, 4) is 5.75 Å². The Labute approximate surface area is 156 Å². The zero-order valence-electron chi connectivity index (χ0n) is 14.6. The topological polar surface area (TPSA) is 81.4 Å². The maximum Gasteiger partial charge on any atom is 0.240 e. The summed E-state index contributed by atoms with van der Waals surface area (Å²) in [6.45, 7) is 5.81. The van der Waals surface area contributed by atoms with Crippen molar-refractivity contribution in [3.05, 3.63) is 59.7 Å². The minimum atomic E-state index is -3.62. The van der Waals surface area contributed by atoms with E-state index in [9.17, 15) is 8.42 Å². The monoisotopic (exact) mass is 384 g/mol. The van der Waals surface area contributed by atoms with Gasteiger partial charge in [-0.15, -0.1) is 12.4 Å². The van der Waals surface area contributed by atoms with E-state index in [0.717, 1.165) is 11.1 Å². The molecule has 25 heavy (non-hydrogen) atoms. The lowest BCUT2D eigenvalue weighted by atomic mass is 10.1. The summed E-state index contributed by atoms with van der Waals surface area (Å²) in [6, 6.07) is 13.8. The highest BCUT2D eigenvalue weighted by atomic mass is 35.5. The molecule has 0 saturated heterocycles. The number of halogens is 1. The van der Waals surface area contributed by atoms with Gasteiger partial charge in [-0.25, -0.2) is 13.1 Å². The Morgan fingerprint density at radius 3 is 2.32 bits per heavy atom. The van der Waals surface area contributed by atoms with Crippen molar-refractivity contribution in [2.45, 2.75) is 37.8 Å². The van der Waals surface area contributed by atoms with Crippen molar-refractivity contribution >= 4 is 22.4 Å². The third-order valence-electron chi connectivity index (χ3n) is 3.54. The second kappa shape index (κ2) is 9.20. The van der Waals surface area contributed by atoms with Gasteiger partial charge in [-0.1, -0.05) is 30.3 Å². The molecule has 0 amide bonds. The summed E-state index contributed by atoms with van der Waals surface area (Å²) in [5.41, 5.74) is 7.71. The van der Waals surface area contributed by atoms with Gasteiger partial charge in [-0.05, 0) is 50.1 Å². The summed E-state index contributed by atoms with van der Waals surface area (Å²) in [5, 5.41) is 0. The molecule has 3 N–H and O–H groups in total. The first-order chi connectivity index (χ1) is 11.3. The molecular weight excluding hydrogens is 360 g/mol. The lowest BCUT2D eigenvalue weighted by Gasteiger charge is -2.15. The fraction of sp³-hybridized carbons (Fsp3) is 0.333. The number of nitrogens with two attached hydrogens (primary N) is 1. The van der Waals surface area contributed by atoms with Gasteiger partial charge in [0.05, 0.1) is 11.0 Å². The van der Waals surface area contributed by atoms with E-state index in [0.29, 0.717) is 5.75 Å². The summed E-state index contributed by atoms with van der Waals surface area (Å²) in [4.78, 5) is 0.205. The molecule has 0 aliphatic carbocycles. The zero-order chi connectivity index (χ0) is 17.7. The van der Waals surface area contributed by atoms with Crippen LogP contribution in [0, 0.1) is 6.92 Å². The first-order valence-electron chi connectivity index (χ1n) is 7.87. The molecule has 0 fully saturated rings. The Balaban J connectivity index is 0.00000312. The molecule has 0 bridgehead atoms. The van der Waals surface area contributed by atoms with Gasteiger partial charge >= 0.3 is 0 Å². The number of hydrogen-bond donors (Lipinski definition) is 2. The fourth-order valence-electron chi connectivity index (χ4n) is 2.28. The lowest BCUT2D eigenvalue weighted by molar-refractivity contribution is 0.240. The molecule has 0 aromatic heterocycles. The number of benzene rings is 2. The van der Waals surface area contributed by atoms with Gasteiger partial charge < -0.3 is 10.5 Å². The lowest BCUT2D eigenvalue weighted by Crippen LogP contribution is -2.32. The van der Waals surface area contributed by atoms with E-state index >= 15 is 0 Å². The highest BCUT2D eigenvalue weighted by molar-refractivity contribution is 7.89. The minimum Gasteiger partial charge on any atom is -0.491 e. The van der Waals surface area contributed by atoms with E-state index in [4.69, 9.17) is 10.5 Å². The van der Waals surface area contributed by atoms with E-state index in [2.05, 4.69) is 4.72 Å². The Bertz CT molecular complexity index is 780. The quantitative estimate of drug-likeness (QED) is 0.768. The summed E-state index contributed by atoms with van der Waals surface area (Å²) < 4.78 is 33.1. The predicted octanol–water partition coefficient (Wildman–Crippen LogP) is 3.18. The molecule has 5 nitrogen and oxygen atoms in total. The number of nitrogens with one attached hydrogen (secondary N) is 1. The molecule has 1 atom stereocenters.